The molecule has 0 radical (unpaired) electrons. The molecular formula is C15H22O4P+. The Bertz CT molecular complexity index is 469. The monoisotopic (exact) mass is 297 g/mol. The van der Waals surface area contributed by atoms with Gasteiger partial charge in [-0.15, -0.1) is 0 Å². The summed E-state index contributed by atoms with van der Waals surface area (Å²) in [5, 5.41) is 0.661. The van der Waals surface area contributed by atoms with E-state index in [1.165, 1.54) is 0 Å². The number of carbonyl (C=O) groups excluding carboxylic acids is 1. The van der Waals surface area contributed by atoms with Crippen molar-refractivity contribution in [3.8, 4) is 5.75 Å². The highest BCUT2D eigenvalue weighted by molar-refractivity contribution is 7.53. The number of para-hydroxylation sites is 1. The van der Waals surface area contributed by atoms with Gasteiger partial charge in [0.25, 0.3) is 0 Å². The maximum Gasteiger partial charge on any atom is 0.381 e. The molecule has 0 aliphatic carbocycles. The number of ether oxygens (including phenoxy) is 2. The highest BCUT2D eigenvalue weighted by atomic mass is 31.1. The molecule has 0 N–H and O–H groups in total. The van der Waals surface area contributed by atoms with Crippen molar-refractivity contribution in [2.45, 2.75) is 46.3 Å². The van der Waals surface area contributed by atoms with Gasteiger partial charge < -0.3 is 9.47 Å². The van der Waals surface area contributed by atoms with Gasteiger partial charge in [-0.2, -0.15) is 0 Å². The Morgan fingerprint density at radius 1 is 1.15 bits per heavy atom. The highest BCUT2D eigenvalue weighted by Gasteiger charge is 2.26. The van der Waals surface area contributed by atoms with Crippen LogP contribution in [0.1, 0.15) is 34.1 Å². The Hall–Kier alpha value is -1.41. The van der Waals surface area contributed by atoms with Crippen LogP contribution in [-0.2, 0) is 14.1 Å². The van der Waals surface area contributed by atoms with Gasteiger partial charge in [0.1, 0.15) is 0 Å². The molecule has 0 saturated heterocycles. The quantitative estimate of drug-likeness (QED) is 0.572. The minimum atomic E-state index is -1.66. The molecule has 4 nitrogen and oxygen atoms in total. The Kier molecular flexibility index (Phi) is 6.66. The van der Waals surface area contributed by atoms with Crippen molar-refractivity contribution in [2.75, 3.05) is 6.16 Å². The molecule has 1 rings (SSSR count). The van der Waals surface area contributed by atoms with Crippen LogP contribution in [0.4, 0.5) is 0 Å². The van der Waals surface area contributed by atoms with E-state index in [-0.39, 0.29) is 30.8 Å². The third kappa shape index (κ3) is 5.70. The molecule has 0 amide bonds. The fourth-order valence-electron chi connectivity index (χ4n) is 1.65. The summed E-state index contributed by atoms with van der Waals surface area (Å²) in [4.78, 5) is 11.5. The van der Waals surface area contributed by atoms with Crippen molar-refractivity contribution < 1.29 is 18.8 Å². The number of hydrogen-bond acceptors (Lipinski definition) is 4. The molecule has 110 valence electrons. The second-order valence-electron chi connectivity index (χ2n) is 5.03. The molecule has 0 aliphatic heterocycles. The zero-order valence-corrected chi connectivity index (χ0v) is 13.4. The molecule has 0 fully saturated rings. The number of esters is 1. The number of benzene rings is 1. The van der Waals surface area contributed by atoms with E-state index in [2.05, 4.69) is 0 Å². The van der Waals surface area contributed by atoms with Gasteiger partial charge in [0, 0.05) is 0 Å². The van der Waals surface area contributed by atoms with Crippen LogP contribution in [0.3, 0.4) is 0 Å². The Balaban J connectivity index is 2.66. The SMILES string of the molecule is CC(C)OC(=O)CC[P+](=O)c1ccccc1OC(C)C. The summed E-state index contributed by atoms with van der Waals surface area (Å²) in [6, 6.07) is 7.25. The maximum atomic E-state index is 12.3. The molecule has 1 atom stereocenters. The largest absolute Gasteiger partial charge is 0.486 e. The minimum Gasteiger partial charge on any atom is -0.486 e. The Morgan fingerprint density at radius 2 is 1.80 bits per heavy atom. The number of hydrogen-bond donors (Lipinski definition) is 0. The lowest BCUT2D eigenvalue weighted by atomic mass is 10.3. The molecule has 1 unspecified atom stereocenters. The first-order chi connectivity index (χ1) is 9.40. The molecule has 0 spiro atoms. The van der Waals surface area contributed by atoms with Crippen molar-refractivity contribution in [3.05, 3.63) is 24.3 Å². The van der Waals surface area contributed by atoms with E-state index in [1.54, 1.807) is 26.0 Å². The van der Waals surface area contributed by atoms with Crippen LogP contribution in [0.2, 0.25) is 0 Å². The molecule has 1 aromatic rings. The van der Waals surface area contributed by atoms with E-state index in [9.17, 15) is 9.36 Å². The van der Waals surface area contributed by atoms with Crippen LogP contribution in [0.25, 0.3) is 0 Å². The van der Waals surface area contributed by atoms with Crippen molar-refractivity contribution in [3.63, 3.8) is 0 Å². The van der Waals surface area contributed by atoms with Gasteiger partial charge in [-0.3, -0.25) is 4.79 Å². The zero-order valence-electron chi connectivity index (χ0n) is 12.5. The van der Waals surface area contributed by atoms with Gasteiger partial charge in [0.05, 0.1) is 18.6 Å². The number of carbonyl (C=O) groups is 1. The first kappa shape index (κ1) is 16.6. The van der Waals surface area contributed by atoms with Crippen molar-refractivity contribution in [1.82, 2.24) is 0 Å². The van der Waals surface area contributed by atoms with E-state index in [0.717, 1.165) is 0 Å². The summed E-state index contributed by atoms with van der Waals surface area (Å²) < 4.78 is 23.0. The highest BCUT2D eigenvalue weighted by Crippen LogP contribution is 2.27. The molecule has 5 heteroatoms. The molecule has 0 saturated carbocycles. The van der Waals surface area contributed by atoms with Crippen molar-refractivity contribution in [2.24, 2.45) is 0 Å². The van der Waals surface area contributed by atoms with Crippen LogP contribution in [0.15, 0.2) is 24.3 Å². The third-order valence-corrected chi connectivity index (χ3v) is 3.92. The number of rotatable bonds is 7. The summed E-state index contributed by atoms with van der Waals surface area (Å²) in [5.74, 6) is 0.312. The smallest absolute Gasteiger partial charge is 0.381 e. The standard InChI is InChI=1S/C15H22O4P/c1-11(2)18-13-7-5-6-8-14(13)20(17)10-9-15(16)19-12(3)4/h5-8,11-12H,9-10H2,1-4H3/q+1. The van der Waals surface area contributed by atoms with Gasteiger partial charge in [-0.05, 0) is 39.8 Å². The summed E-state index contributed by atoms with van der Waals surface area (Å²) in [7, 11) is -1.66. The molecule has 1 aromatic carbocycles. The van der Waals surface area contributed by atoms with Gasteiger partial charge in [-0.1, -0.05) is 16.7 Å². The van der Waals surface area contributed by atoms with Crippen molar-refractivity contribution >= 4 is 19.1 Å². The summed E-state index contributed by atoms with van der Waals surface area (Å²) in [5.41, 5.74) is 0. The molecular weight excluding hydrogens is 275 g/mol. The van der Waals surface area contributed by atoms with E-state index in [0.29, 0.717) is 11.1 Å². The Morgan fingerprint density at radius 3 is 2.40 bits per heavy atom. The fourth-order valence-corrected chi connectivity index (χ4v) is 2.90. The summed E-state index contributed by atoms with van der Waals surface area (Å²) in [6.45, 7) is 7.43. The minimum absolute atomic E-state index is 0.0189. The fraction of sp³-hybridized carbons (Fsp3) is 0.533. The van der Waals surface area contributed by atoms with Crippen LogP contribution in [0.5, 0.6) is 5.75 Å². The average molecular weight is 297 g/mol. The van der Waals surface area contributed by atoms with Crippen LogP contribution >= 0.6 is 7.80 Å². The Labute approximate surface area is 121 Å². The van der Waals surface area contributed by atoms with Crippen LogP contribution in [0, 0.1) is 0 Å². The molecule has 0 aromatic heterocycles. The topological polar surface area (TPSA) is 52.6 Å². The predicted octanol–water partition coefficient (Wildman–Crippen LogP) is 3.27. The zero-order chi connectivity index (χ0) is 15.1. The average Bonchev–Trinajstić information content (AvgIpc) is 2.35. The molecule has 0 aliphatic rings. The lowest BCUT2D eigenvalue weighted by Crippen LogP contribution is -2.14. The lowest BCUT2D eigenvalue weighted by Gasteiger charge is -2.09. The van der Waals surface area contributed by atoms with Crippen molar-refractivity contribution in [1.29, 1.82) is 0 Å². The first-order valence-electron chi connectivity index (χ1n) is 6.80. The second-order valence-corrected chi connectivity index (χ2v) is 6.71. The van der Waals surface area contributed by atoms with Crippen LogP contribution in [-0.4, -0.2) is 24.3 Å². The van der Waals surface area contributed by atoms with E-state index < -0.39 is 7.80 Å². The molecule has 0 bridgehead atoms. The van der Waals surface area contributed by atoms with Gasteiger partial charge in [0.15, 0.2) is 11.9 Å². The van der Waals surface area contributed by atoms with Crippen LogP contribution < -0.4 is 10.0 Å². The van der Waals surface area contributed by atoms with Gasteiger partial charge in [-0.25, -0.2) is 0 Å². The maximum absolute atomic E-state index is 12.3. The van der Waals surface area contributed by atoms with E-state index in [1.807, 2.05) is 26.0 Å². The first-order valence-corrected chi connectivity index (χ1v) is 8.24. The van der Waals surface area contributed by atoms with E-state index >= 15 is 0 Å². The second kappa shape index (κ2) is 8.01. The predicted molar refractivity (Wildman–Crippen MR) is 80.2 cm³/mol. The third-order valence-electron chi connectivity index (χ3n) is 2.38. The van der Waals surface area contributed by atoms with Gasteiger partial charge >= 0.3 is 13.8 Å². The lowest BCUT2D eigenvalue weighted by molar-refractivity contribution is -0.146. The summed E-state index contributed by atoms with van der Waals surface area (Å²) >= 11 is 0. The molecule has 0 heterocycles. The molecule has 20 heavy (non-hydrogen) atoms. The normalized spacial score (nSPS) is 11.6. The summed E-state index contributed by atoms with van der Waals surface area (Å²) in [6.07, 6.45) is 0.311. The van der Waals surface area contributed by atoms with Gasteiger partial charge in [0.2, 0.25) is 5.30 Å². The van der Waals surface area contributed by atoms with E-state index in [4.69, 9.17) is 9.47 Å².